The van der Waals surface area contributed by atoms with Crippen LogP contribution in [-0.4, -0.2) is 17.6 Å². The molecule has 0 N–H and O–H groups in total. The normalized spacial score (nSPS) is 19.5. The van der Waals surface area contributed by atoms with E-state index in [0.29, 0.717) is 12.1 Å². The summed E-state index contributed by atoms with van der Waals surface area (Å²) in [5, 5.41) is 0. The molecule has 2 rings (SSSR count). The molecule has 0 saturated heterocycles. The summed E-state index contributed by atoms with van der Waals surface area (Å²) in [6.45, 7) is 10.1. The van der Waals surface area contributed by atoms with Crippen LogP contribution in [-0.2, 0) is 0 Å². The van der Waals surface area contributed by atoms with Crippen LogP contribution in [0.2, 0.25) is 0 Å². The maximum atomic E-state index is 2.40. The van der Waals surface area contributed by atoms with Crippen LogP contribution in [0.3, 0.4) is 0 Å². The number of nitrogens with zero attached hydrogens (tertiary/aromatic N) is 2. The van der Waals surface area contributed by atoms with Gasteiger partial charge in [-0.05, 0) is 31.4 Å². The van der Waals surface area contributed by atoms with E-state index in [1.165, 1.54) is 11.3 Å². The van der Waals surface area contributed by atoms with E-state index in [1.54, 1.807) is 0 Å². The molecule has 0 spiro atoms. The Balaban J connectivity index is 2.16. The lowest BCUT2D eigenvalue weighted by Gasteiger charge is -2.31. The quantitative estimate of drug-likeness (QED) is 0.783. The van der Waals surface area contributed by atoms with Gasteiger partial charge in [-0.15, -0.1) is 0 Å². The predicted molar refractivity (Wildman–Crippen MR) is 73.8 cm³/mol. The Bertz CT molecular complexity index is 409. The van der Waals surface area contributed by atoms with Crippen LogP contribution in [0.4, 0.5) is 5.69 Å². The highest BCUT2D eigenvalue weighted by Gasteiger charge is 2.23. The van der Waals surface area contributed by atoms with Gasteiger partial charge < -0.3 is 9.80 Å². The van der Waals surface area contributed by atoms with Crippen molar-refractivity contribution < 1.29 is 0 Å². The van der Waals surface area contributed by atoms with Crippen molar-refractivity contribution in [1.29, 1.82) is 0 Å². The smallest absolute Gasteiger partial charge is 0.102 e. The zero-order valence-corrected chi connectivity index (χ0v) is 11.2. The van der Waals surface area contributed by atoms with E-state index in [4.69, 9.17) is 0 Å². The molecule has 0 aliphatic carbocycles. The first-order valence-corrected chi connectivity index (χ1v) is 6.37. The maximum Gasteiger partial charge on any atom is 0.102 e. The predicted octanol–water partition coefficient (Wildman–Crippen LogP) is 3.59. The molecule has 0 unspecified atom stereocenters. The zero-order valence-electron chi connectivity index (χ0n) is 11.2. The molecule has 92 valence electrons. The fourth-order valence-electron chi connectivity index (χ4n) is 2.34. The standard InChI is InChI=1S/C15H22N2/c1-12(2)11-16-9-10-17(14(16)4)15-8-6-5-7-13(15)3/h5-10,12,14H,11H2,1-4H3/t14-/m0/s1. The number of hydrogen-bond acceptors (Lipinski definition) is 2. The Hall–Kier alpha value is -1.44. The van der Waals surface area contributed by atoms with E-state index < -0.39 is 0 Å². The van der Waals surface area contributed by atoms with Crippen LogP contribution < -0.4 is 4.90 Å². The number of anilines is 1. The second kappa shape index (κ2) is 4.82. The van der Waals surface area contributed by atoms with Gasteiger partial charge in [0, 0.05) is 24.6 Å². The van der Waals surface area contributed by atoms with Crippen molar-refractivity contribution in [2.45, 2.75) is 33.9 Å². The van der Waals surface area contributed by atoms with Crippen molar-refractivity contribution in [3.63, 3.8) is 0 Å². The molecule has 1 aliphatic rings. The Labute approximate surface area is 105 Å². The number of rotatable bonds is 3. The number of hydrogen-bond donors (Lipinski definition) is 0. The summed E-state index contributed by atoms with van der Waals surface area (Å²) >= 11 is 0. The molecule has 1 aromatic carbocycles. The van der Waals surface area contributed by atoms with Crippen molar-refractivity contribution in [3.05, 3.63) is 42.2 Å². The maximum absolute atomic E-state index is 2.40. The van der Waals surface area contributed by atoms with Gasteiger partial charge in [0.05, 0.1) is 0 Å². The monoisotopic (exact) mass is 230 g/mol. The van der Waals surface area contributed by atoms with E-state index in [-0.39, 0.29) is 0 Å². The molecule has 2 nitrogen and oxygen atoms in total. The molecular weight excluding hydrogens is 208 g/mol. The summed E-state index contributed by atoms with van der Waals surface area (Å²) in [6, 6.07) is 8.55. The van der Waals surface area contributed by atoms with Gasteiger partial charge in [-0.3, -0.25) is 0 Å². The first kappa shape index (κ1) is 12.0. The van der Waals surface area contributed by atoms with Crippen LogP contribution in [0.1, 0.15) is 26.3 Å². The van der Waals surface area contributed by atoms with E-state index in [9.17, 15) is 0 Å². The first-order valence-electron chi connectivity index (χ1n) is 6.37. The fourth-order valence-corrected chi connectivity index (χ4v) is 2.34. The summed E-state index contributed by atoms with van der Waals surface area (Å²) in [6.07, 6.45) is 4.81. The third-order valence-corrected chi connectivity index (χ3v) is 3.27. The Morgan fingerprint density at radius 1 is 1.18 bits per heavy atom. The molecule has 1 aromatic rings. The van der Waals surface area contributed by atoms with Gasteiger partial charge in [-0.2, -0.15) is 0 Å². The van der Waals surface area contributed by atoms with Gasteiger partial charge in [0.15, 0.2) is 0 Å². The summed E-state index contributed by atoms with van der Waals surface area (Å²) in [5.74, 6) is 0.693. The van der Waals surface area contributed by atoms with Crippen molar-refractivity contribution in [2.75, 3.05) is 11.4 Å². The van der Waals surface area contributed by atoms with E-state index in [2.05, 4.69) is 74.2 Å². The minimum atomic E-state index is 0.415. The van der Waals surface area contributed by atoms with E-state index in [0.717, 1.165) is 6.54 Å². The Kier molecular flexibility index (Phi) is 3.41. The van der Waals surface area contributed by atoms with E-state index in [1.807, 2.05) is 0 Å². The van der Waals surface area contributed by atoms with Gasteiger partial charge in [-0.1, -0.05) is 32.0 Å². The Morgan fingerprint density at radius 2 is 1.88 bits per heavy atom. The van der Waals surface area contributed by atoms with Crippen LogP contribution in [0.15, 0.2) is 36.7 Å². The van der Waals surface area contributed by atoms with Gasteiger partial charge in [0.2, 0.25) is 0 Å². The van der Waals surface area contributed by atoms with Crippen LogP contribution in [0, 0.1) is 12.8 Å². The average Bonchev–Trinajstić information content (AvgIpc) is 2.61. The molecule has 0 amide bonds. The lowest BCUT2D eigenvalue weighted by molar-refractivity contribution is 0.284. The van der Waals surface area contributed by atoms with Gasteiger partial charge >= 0.3 is 0 Å². The van der Waals surface area contributed by atoms with Crippen molar-refractivity contribution in [2.24, 2.45) is 5.92 Å². The Morgan fingerprint density at radius 3 is 2.53 bits per heavy atom. The highest BCUT2D eigenvalue weighted by atomic mass is 15.4. The third-order valence-electron chi connectivity index (χ3n) is 3.27. The molecule has 1 aliphatic heterocycles. The fraction of sp³-hybridized carbons (Fsp3) is 0.467. The van der Waals surface area contributed by atoms with Crippen LogP contribution in [0.25, 0.3) is 0 Å². The minimum Gasteiger partial charge on any atom is -0.356 e. The molecule has 2 heteroatoms. The molecule has 0 radical (unpaired) electrons. The summed E-state index contributed by atoms with van der Waals surface area (Å²) in [5.41, 5.74) is 2.64. The topological polar surface area (TPSA) is 6.48 Å². The minimum absolute atomic E-state index is 0.415. The lowest BCUT2D eigenvalue weighted by atomic mass is 10.1. The number of benzene rings is 1. The highest BCUT2D eigenvalue weighted by Crippen LogP contribution is 2.27. The third kappa shape index (κ3) is 2.46. The van der Waals surface area contributed by atoms with Gasteiger partial charge in [-0.25, -0.2) is 0 Å². The van der Waals surface area contributed by atoms with Crippen molar-refractivity contribution in [3.8, 4) is 0 Å². The average molecular weight is 230 g/mol. The van der Waals surface area contributed by atoms with Crippen LogP contribution in [0.5, 0.6) is 0 Å². The molecule has 0 saturated carbocycles. The molecule has 0 bridgehead atoms. The summed E-state index contributed by atoms with van der Waals surface area (Å²) in [4.78, 5) is 4.74. The number of aryl methyl sites for hydroxylation is 1. The van der Waals surface area contributed by atoms with Crippen LogP contribution >= 0.6 is 0 Å². The molecule has 1 heterocycles. The molecular formula is C15H22N2. The molecule has 0 fully saturated rings. The van der Waals surface area contributed by atoms with Gasteiger partial charge in [0.25, 0.3) is 0 Å². The van der Waals surface area contributed by atoms with Crippen molar-refractivity contribution >= 4 is 5.69 Å². The van der Waals surface area contributed by atoms with E-state index >= 15 is 0 Å². The second-order valence-electron chi connectivity index (χ2n) is 5.21. The first-order chi connectivity index (χ1) is 8.09. The largest absolute Gasteiger partial charge is 0.356 e. The van der Waals surface area contributed by atoms with Crippen molar-refractivity contribution in [1.82, 2.24) is 4.90 Å². The molecule has 1 atom stereocenters. The molecule has 0 aromatic heterocycles. The molecule has 17 heavy (non-hydrogen) atoms. The number of para-hydroxylation sites is 1. The SMILES string of the molecule is Cc1ccccc1N1C=CN(CC(C)C)[C@@H]1C. The lowest BCUT2D eigenvalue weighted by Crippen LogP contribution is -2.37. The highest BCUT2D eigenvalue weighted by molar-refractivity contribution is 5.56. The summed E-state index contributed by atoms with van der Waals surface area (Å²) < 4.78 is 0. The zero-order chi connectivity index (χ0) is 12.4. The van der Waals surface area contributed by atoms with Gasteiger partial charge in [0.1, 0.15) is 6.17 Å². The summed E-state index contributed by atoms with van der Waals surface area (Å²) in [7, 11) is 0. The second-order valence-corrected chi connectivity index (χ2v) is 5.21.